The zero-order valence-corrected chi connectivity index (χ0v) is 10.2. The predicted molar refractivity (Wildman–Crippen MR) is 66.1 cm³/mol. The monoisotopic (exact) mass is 256 g/mol. The molecular formula is C9H16N6O3. The van der Waals surface area contributed by atoms with Gasteiger partial charge in [0, 0.05) is 6.54 Å². The summed E-state index contributed by atoms with van der Waals surface area (Å²) in [6.45, 7) is 4.64. The molecule has 0 saturated carbocycles. The van der Waals surface area contributed by atoms with E-state index in [1.54, 1.807) is 0 Å². The van der Waals surface area contributed by atoms with Gasteiger partial charge in [0.2, 0.25) is 11.6 Å². The van der Waals surface area contributed by atoms with Gasteiger partial charge >= 0.3 is 5.69 Å². The van der Waals surface area contributed by atoms with Gasteiger partial charge in [0.25, 0.3) is 0 Å². The van der Waals surface area contributed by atoms with E-state index >= 15 is 0 Å². The molecule has 100 valence electrons. The molecule has 1 aromatic rings. The number of hydrazine groups is 1. The summed E-state index contributed by atoms with van der Waals surface area (Å²) in [4.78, 5) is 17.8. The molecule has 0 saturated heterocycles. The van der Waals surface area contributed by atoms with Crippen molar-refractivity contribution in [3.8, 4) is 0 Å². The lowest BCUT2D eigenvalue weighted by Crippen LogP contribution is -2.17. The molecule has 0 amide bonds. The first-order valence-electron chi connectivity index (χ1n) is 5.37. The number of rotatable bonds is 7. The largest absolute Gasteiger partial charge is 0.377 e. The smallest absolute Gasteiger partial charge is 0.354 e. The molecule has 4 N–H and O–H groups in total. The first-order chi connectivity index (χ1) is 8.56. The summed E-state index contributed by atoms with van der Waals surface area (Å²) in [6.07, 6.45) is 1.29. The maximum Gasteiger partial charge on any atom is 0.354 e. The van der Waals surface area contributed by atoms with Crippen molar-refractivity contribution in [3.05, 3.63) is 16.4 Å². The molecule has 0 unspecified atom stereocenters. The highest BCUT2D eigenvalue weighted by Crippen LogP contribution is 2.27. The standard InChI is InChI=1S/C9H16N6O3/c1-6(2)18-4-3-11-8-7(15(16)17)9(14-10)13-5-12-8/h5-6H,3-4,10H2,1-2H3,(H2,11,12,13,14). The fourth-order valence-corrected chi connectivity index (χ4v) is 1.25. The second kappa shape index (κ2) is 6.67. The highest BCUT2D eigenvalue weighted by Gasteiger charge is 2.21. The number of nitro groups is 1. The van der Waals surface area contributed by atoms with Gasteiger partial charge in [-0.05, 0) is 13.8 Å². The minimum absolute atomic E-state index is 0.0396. The third-order valence-corrected chi connectivity index (χ3v) is 1.99. The number of nitrogens with one attached hydrogen (secondary N) is 2. The van der Waals surface area contributed by atoms with Crippen LogP contribution in [0.2, 0.25) is 0 Å². The van der Waals surface area contributed by atoms with Crippen LogP contribution in [0.3, 0.4) is 0 Å². The number of nitrogens with two attached hydrogens (primary N) is 1. The molecular weight excluding hydrogens is 240 g/mol. The van der Waals surface area contributed by atoms with Crippen molar-refractivity contribution in [2.24, 2.45) is 5.84 Å². The Hall–Kier alpha value is -2.00. The van der Waals surface area contributed by atoms with E-state index in [-0.39, 0.29) is 23.4 Å². The zero-order valence-electron chi connectivity index (χ0n) is 10.2. The van der Waals surface area contributed by atoms with Gasteiger partial charge in [-0.2, -0.15) is 0 Å². The van der Waals surface area contributed by atoms with Gasteiger partial charge in [0.15, 0.2) is 0 Å². The molecule has 0 aliphatic rings. The maximum atomic E-state index is 10.9. The molecule has 9 nitrogen and oxygen atoms in total. The predicted octanol–water partition coefficient (Wildman–Crippen LogP) is 0.507. The lowest BCUT2D eigenvalue weighted by atomic mass is 10.4. The molecule has 0 aliphatic carbocycles. The molecule has 0 fully saturated rings. The summed E-state index contributed by atoms with van der Waals surface area (Å²) in [6, 6.07) is 0. The Morgan fingerprint density at radius 2 is 2.17 bits per heavy atom. The number of aromatic nitrogens is 2. The van der Waals surface area contributed by atoms with Crippen LogP contribution in [-0.2, 0) is 4.74 Å². The molecule has 0 spiro atoms. The summed E-state index contributed by atoms with van der Waals surface area (Å²) in [5, 5.41) is 13.7. The van der Waals surface area contributed by atoms with Crippen LogP contribution in [0.1, 0.15) is 13.8 Å². The minimum Gasteiger partial charge on any atom is -0.377 e. The number of nitrogens with zero attached hydrogens (tertiary/aromatic N) is 3. The average molecular weight is 256 g/mol. The van der Waals surface area contributed by atoms with Gasteiger partial charge in [-0.25, -0.2) is 15.8 Å². The number of anilines is 2. The van der Waals surface area contributed by atoms with Crippen LogP contribution in [0.4, 0.5) is 17.3 Å². The fourth-order valence-electron chi connectivity index (χ4n) is 1.25. The van der Waals surface area contributed by atoms with Crippen molar-refractivity contribution in [2.75, 3.05) is 23.9 Å². The van der Waals surface area contributed by atoms with Gasteiger partial charge in [0.1, 0.15) is 6.33 Å². The van der Waals surface area contributed by atoms with E-state index in [0.717, 1.165) is 0 Å². The highest BCUT2D eigenvalue weighted by atomic mass is 16.6. The van der Waals surface area contributed by atoms with E-state index in [1.165, 1.54) is 6.33 Å². The van der Waals surface area contributed by atoms with Gasteiger partial charge in [-0.15, -0.1) is 0 Å². The average Bonchev–Trinajstić information content (AvgIpc) is 2.33. The molecule has 0 radical (unpaired) electrons. The molecule has 1 rings (SSSR count). The van der Waals surface area contributed by atoms with Crippen LogP contribution < -0.4 is 16.6 Å². The lowest BCUT2D eigenvalue weighted by molar-refractivity contribution is -0.383. The molecule has 0 bridgehead atoms. The van der Waals surface area contributed by atoms with Gasteiger partial charge in [-0.3, -0.25) is 10.1 Å². The zero-order chi connectivity index (χ0) is 13.5. The molecule has 0 aliphatic heterocycles. The Morgan fingerprint density at radius 3 is 2.72 bits per heavy atom. The van der Waals surface area contributed by atoms with Gasteiger partial charge in [0.05, 0.1) is 17.6 Å². The Kier molecular flexibility index (Phi) is 5.21. The van der Waals surface area contributed by atoms with Crippen molar-refractivity contribution in [3.63, 3.8) is 0 Å². The number of ether oxygens (including phenoxy) is 1. The Bertz CT molecular complexity index is 411. The van der Waals surface area contributed by atoms with Crippen LogP contribution in [0.5, 0.6) is 0 Å². The van der Waals surface area contributed by atoms with Crippen molar-refractivity contribution >= 4 is 17.3 Å². The number of hydrogen-bond acceptors (Lipinski definition) is 8. The minimum atomic E-state index is -0.596. The number of nitrogen functional groups attached to an aromatic ring is 1. The molecule has 18 heavy (non-hydrogen) atoms. The first-order valence-corrected chi connectivity index (χ1v) is 5.37. The van der Waals surface area contributed by atoms with Crippen LogP contribution >= 0.6 is 0 Å². The van der Waals surface area contributed by atoms with Crippen molar-refractivity contribution in [1.82, 2.24) is 9.97 Å². The summed E-state index contributed by atoms with van der Waals surface area (Å²) in [7, 11) is 0. The van der Waals surface area contributed by atoms with Gasteiger partial charge in [-0.1, -0.05) is 0 Å². The normalized spacial score (nSPS) is 10.4. The van der Waals surface area contributed by atoms with Crippen molar-refractivity contribution < 1.29 is 9.66 Å². The highest BCUT2D eigenvalue weighted by molar-refractivity contribution is 5.68. The summed E-state index contributed by atoms with van der Waals surface area (Å²) in [5.74, 6) is 5.22. The van der Waals surface area contributed by atoms with Crippen LogP contribution in [0, 0.1) is 10.1 Å². The second-order valence-corrected chi connectivity index (χ2v) is 3.67. The number of hydrogen-bond donors (Lipinski definition) is 3. The van der Waals surface area contributed by atoms with Crippen LogP contribution in [-0.4, -0.2) is 34.1 Å². The third-order valence-electron chi connectivity index (χ3n) is 1.99. The van der Waals surface area contributed by atoms with E-state index < -0.39 is 4.92 Å². The lowest BCUT2D eigenvalue weighted by Gasteiger charge is -2.10. The third kappa shape index (κ3) is 3.79. The molecule has 9 heteroatoms. The Balaban J connectivity index is 2.72. The SMILES string of the molecule is CC(C)OCCNc1ncnc(NN)c1[N+](=O)[O-]. The fraction of sp³-hybridized carbons (Fsp3) is 0.556. The Morgan fingerprint density at radius 1 is 1.50 bits per heavy atom. The van der Waals surface area contributed by atoms with Crippen LogP contribution in [0.15, 0.2) is 6.33 Å². The van der Waals surface area contributed by atoms with Crippen molar-refractivity contribution in [1.29, 1.82) is 0 Å². The first kappa shape index (κ1) is 14.1. The van der Waals surface area contributed by atoms with E-state index in [9.17, 15) is 10.1 Å². The second-order valence-electron chi connectivity index (χ2n) is 3.67. The molecule has 1 heterocycles. The van der Waals surface area contributed by atoms with E-state index in [0.29, 0.717) is 13.2 Å². The summed E-state index contributed by atoms with van der Waals surface area (Å²) < 4.78 is 5.30. The maximum absolute atomic E-state index is 10.9. The van der Waals surface area contributed by atoms with Crippen LogP contribution in [0.25, 0.3) is 0 Å². The van der Waals surface area contributed by atoms with Gasteiger partial charge < -0.3 is 15.5 Å². The van der Waals surface area contributed by atoms with E-state index in [2.05, 4.69) is 20.7 Å². The molecule has 1 aromatic heterocycles. The molecule has 0 atom stereocenters. The summed E-state index contributed by atoms with van der Waals surface area (Å²) >= 11 is 0. The summed E-state index contributed by atoms with van der Waals surface area (Å²) in [5.41, 5.74) is 1.87. The van der Waals surface area contributed by atoms with Crippen molar-refractivity contribution in [2.45, 2.75) is 20.0 Å². The Labute approximate surface area is 104 Å². The topological polar surface area (TPSA) is 128 Å². The van der Waals surface area contributed by atoms with E-state index in [1.807, 2.05) is 13.8 Å². The molecule has 0 aromatic carbocycles. The quantitative estimate of drug-likeness (QED) is 0.278. The van der Waals surface area contributed by atoms with E-state index in [4.69, 9.17) is 10.6 Å².